The van der Waals surface area contributed by atoms with Crippen LogP contribution in [-0.2, 0) is 82.3 Å². The van der Waals surface area contributed by atoms with Crippen LogP contribution in [-0.4, -0.2) is 398 Å². The second-order valence-corrected chi connectivity index (χ2v) is 27.0. The topological polar surface area (TPSA) is 601 Å². The number of rotatable bonds is 14. The number of carbonyl (C=O) groups is 2. The highest BCUT2D eigenvalue weighted by Gasteiger charge is 2.60. The predicted octanol–water partition coefficient (Wildman–Crippen LogP) is -10.3. The van der Waals surface area contributed by atoms with Crippen molar-refractivity contribution >= 4 is 12.1 Å². The van der Waals surface area contributed by atoms with Crippen LogP contribution >= 0.6 is 0 Å². The van der Waals surface area contributed by atoms with Crippen molar-refractivity contribution in [1.82, 2.24) is 4.90 Å². The minimum Gasteiger partial charge on any atom is -0.480 e. The molecule has 0 saturated carbocycles. The highest BCUT2D eigenvalue weighted by Crippen LogP contribution is 2.46. The van der Waals surface area contributed by atoms with E-state index in [9.17, 15) is 112 Å². The molecule has 3 aromatic rings. The second kappa shape index (κ2) is 34.1. The Kier molecular flexibility index (Phi) is 25.9. The summed E-state index contributed by atoms with van der Waals surface area (Å²) in [5.74, 6) is -2.23. The van der Waals surface area contributed by atoms with E-state index in [0.717, 1.165) is 22.3 Å². The number of hydrogen-bond acceptors (Lipinski definition) is 37. The molecule has 0 unspecified atom stereocenters. The number of fused-ring (bicyclic) bond motifs is 3. The molecule has 3 aromatic carbocycles. The summed E-state index contributed by atoms with van der Waals surface area (Å²) in [6, 6.07) is 20.6. The molecule has 25 rings (SSSR count). The molecule has 0 aromatic heterocycles. The SMILES string of the molecule is O=C(O)[C@@H](Cc1ccccc1)N(C[C@H]1O[C@@H]2O[C@H]3[C@H](O)[C@@H](O)[C@@H](O[C@H]4[C@H](O)[C@@H](O)[C@@H](O[C@H]5[C@H](O)[C@@H](O)[C@@H](O[C@H]6[C@H](O)[C@@H](O)[C@@H](O[C@H]7[C@H](O)[C@@H](O)[C@@H](O[C@H]8[C@H](O)[C@@H](O)[C@@H](O[C@H]1[C@H](O)[C@H]2O)O[C@@H]8CO)O[C@@H]7CO)O[C@@H]6CO)O[C@@H]5CO)O[C@@H]4CO)O[C@@H]3CO)C(=O)OCC1c2ccccc2-c2ccccc21. The van der Waals surface area contributed by atoms with Crippen molar-refractivity contribution in [3.63, 3.8) is 0 Å². The fraction of sp³-hybridized carbons (Fsp3) is 0.697. The lowest BCUT2D eigenvalue weighted by Gasteiger charge is -2.50. The minimum atomic E-state index is -2.44. The summed E-state index contributed by atoms with van der Waals surface area (Å²) in [5.41, 5.74) is 3.54. The van der Waals surface area contributed by atoms with Gasteiger partial charge in [-0.15, -0.1) is 0 Å². The molecular formula is C66H89NO38. The summed E-state index contributed by atoms with van der Waals surface area (Å²) in [6.45, 7) is -8.16. The summed E-state index contributed by atoms with van der Waals surface area (Å²) in [4.78, 5) is 29.5. The number of nitrogens with zero attached hydrogens (tertiary/aromatic N) is 1. The van der Waals surface area contributed by atoms with Crippen LogP contribution < -0.4 is 0 Å². The maximum atomic E-state index is 15.1. The molecule has 586 valence electrons. The number of aliphatic hydroxyl groups excluding tert-OH is 20. The van der Waals surface area contributed by atoms with E-state index in [0.29, 0.717) is 10.5 Å². The number of carboxylic acids is 1. The molecule has 22 aliphatic rings. The molecule has 1 aliphatic carbocycles. The Balaban J connectivity index is 0.880. The van der Waals surface area contributed by atoms with Gasteiger partial charge >= 0.3 is 12.1 Å². The second-order valence-electron chi connectivity index (χ2n) is 27.0. The van der Waals surface area contributed by atoms with Gasteiger partial charge in [0, 0.05) is 12.3 Å². The predicted molar refractivity (Wildman–Crippen MR) is 335 cm³/mol. The largest absolute Gasteiger partial charge is 0.480 e. The zero-order valence-corrected chi connectivity index (χ0v) is 55.5. The van der Waals surface area contributed by atoms with E-state index >= 15 is 4.79 Å². The Morgan fingerprint density at radius 1 is 0.333 bits per heavy atom. The van der Waals surface area contributed by atoms with Crippen molar-refractivity contribution in [2.75, 3.05) is 52.8 Å². The first-order valence-electron chi connectivity index (χ1n) is 34.1. The zero-order chi connectivity index (χ0) is 75.1. The third-order valence-electron chi connectivity index (χ3n) is 20.5. The molecule has 14 bridgehead atoms. The number of aliphatic hydroxyl groups is 20. The van der Waals surface area contributed by atoms with Gasteiger partial charge in [0.05, 0.1) is 46.2 Å². The summed E-state index contributed by atoms with van der Waals surface area (Å²) in [5, 5.41) is 240. The van der Waals surface area contributed by atoms with Gasteiger partial charge < -0.3 is 178 Å². The molecule has 21 heterocycles. The Morgan fingerprint density at radius 2 is 0.581 bits per heavy atom. The summed E-state index contributed by atoms with van der Waals surface area (Å²) < 4.78 is 88.6. The van der Waals surface area contributed by atoms with E-state index in [1.54, 1.807) is 42.5 Å². The lowest BCUT2D eigenvalue weighted by Crippen LogP contribution is -2.69. The van der Waals surface area contributed by atoms with E-state index in [-0.39, 0.29) is 0 Å². The van der Waals surface area contributed by atoms with Crippen LogP contribution in [0.5, 0.6) is 0 Å². The molecule has 39 nitrogen and oxygen atoms in total. The van der Waals surface area contributed by atoms with E-state index < -0.39 is 298 Å². The van der Waals surface area contributed by atoms with Crippen molar-refractivity contribution in [2.24, 2.45) is 0 Å². The fourth-order valence-electron chi connectivity index (χ4n) is 14.8. The van der Waals surface area contributed by atoms with Crippen molar-refractivity contribution in [3.05, 3.63) is 95.6 Å². The first kappa shape index (κ1) is 79.6. The molecule has 0 spiro atoms. The average Bonchev–Trinajstić information content (AvgIpc) is 1.55. The van der Waals surface area contributed by atoms with Gasteiger partial charge in [-0.3, -0.25) is 4.90 Å². The van der Waals surface area contributed by atoms with Gasteiger partial charge in [-0.25, -0.2) is 9.59 Å². The van der Waals surface area contributed by atoms with Gasteiger partial charge in [0.2, 0.25) is 0 Å². The number of aliphatic carboxylic acids is 1. The maximum Gasteiger partial charge on any atom is 0.410 e. The molecular weight excluding hydrogens is 1410 g/mol. The summed E-state index contributed by atoms with van der Waals surface area (Å²) >= 11 is 0. The van der Waals surface area contributed by atoms with Crippen LogP contribution in [0, 0.1) is 0 Å². The molecule has 1 amide bonds. The van der Waals surface area contributed by atoms with Crippen LogP contribution in [0.2, 0.25) is 0 Å². The lowest BCUT2D eigenvalue weighted by molar-refractivity contribution is -0.396. The van der Waals surface area contributed by atoms with Crippen LogP contribution in [0.4, 0.5) is 4.79 Å². The fourth-order valence-corrected chi connectivity index (χ4v) is 14.8. The molecule has 0 radical (unpaired) electrons. The molecule has 21 saturated heterocycles. The van der Waals surface area contributed by atoms with Crippen LogP contribution in [0.1, 0.15) is 22.6 Å². The monoisotopic (exact) mass is 1500 g/mol. The number of amides is 1. The van der Waals surface area contributed by atoms with E-state index in [2.05, 4.69) is 0 Å². The smallest absolute Gasteiger partial charge is 0.410 e. The minimum absolute atomic E-state index is 0.368. The first-order chi connectivity index (χ1) is 50.3. The molecule has 36 atom stereocenters. The van der Waals surface area contributed by atoms with E-state index in [4.69, 9.17) is 71.1 Å². The standard InChI is InChI=1S/C66H89NO38/c68-16-31-52-39(76)46(83)61(94-31)102-54-33(18-70)96-63(48(85)41(54)78)104-56-35(20-72)98-65(50(87)43(56)80)105-57-36(21-73)97-64(49(86)42(57)79)103-55-34(19-71)95-62(47(84)40(55)77)101-53-32(17-69)93-60(45(82)38(53)75)99-51-30(92-59(100-52)44(81)37(51)74)15-67(29(58(88)89)14-23-8-2-1-3-9-23)66(90)91-22-28-26-12-6-4-10-24(26)25-11-5-7-13-27(25)28/h1-13,28-57,59-65,68-87H,14-22H2,(H,88,89)/t29-,30-,31-,32-,33-,34-,35-,36-,37-,38-,39-,40-,41-,42-,43-,44-,45-,46-,47-,48-,49-,50-,51-,52-,53-,54-,55-,56-,57-,59-,60-,61-,62-,63-,64-,65-/m1/s1. The highest BCUT2D eigenvalue weighted by atomic mass is 16.8. The number of carbonyl (C=O) groups excluding carboxylic acids is 1. The third-order valence-corrected chi connectivity index (χ3v) is 20.5. The van der Waals surface area contributed by atoms with Crippen LogP contribution in [0.25, 0.3) is 11.1 Å². The molecule has 21 N–H and O–H groups in total. The number of carboxylic acid groups (broad SMARTS) is 1. The van der Waals surface area contributed by atoms with Gasteiger partial charge in [-0.05, 0) is 27.8 Å². The van der Waals surface area contributed by atoms with Crippen LogP contribution in [0.3, 0.4) is 0 Å². The third kappa shape index (κ3) is 15.9. The van der Waals surface area contributed by atoms with Gasteiger partial charge in [0.25, 0.3) is 0 Å². The normalized spacial score (nSPS) is 44.3. The van der Waals surface area contributed by atoms with E-state index in [1.807, 2.05) is 36.4 Å². The van der Waals surface area contributed by atoms with Crippen molar-refractivity contribution in [1.29, 1.82) is 0 Å². The average molecular weight is 1500 g/mol. The summed E-state index contributed by atoms with van der Waals surface area (Å²) in [6.07, 6.45) is -76.5. The molecule has 39 heteroatoms. The Bertz CT molecular complexity index is 3260. The Labute approximate surface area is 595 Å². The Morgan fingerprint density at radius 3 is 0.848 bits per heavy atom. The Hall–Kier alpha value is -4.96. The number of benzene rings is 3. The van der Waals surface area contributed by atoms with Gasteiger partial charge in [0.1, 0.15) is 184 Å². The molecule has 21 fully saturated rings. The van der Waals surface area contributed by atoms with Gasteiger partial charge in [-0.1, -0.05) is 78.9 Å². The van der Waals surface area contributed by atoms with Crippen LogP contribution in [0.15, 0.2) is 78.9 Å². The number of hydrogen-bond donors (Lipinski definition) is 21. The maximum absolute atomic E-state index is 15.1. The summed E-state index contributed by atoms with van der Waals surface area (Å²) in [7, 11) is 0. The molecule has 105 heavy (non-hydrogen) atoms. The number of ether oxygens (including phenoxy) is 15. The molecule has 21 aliphatic heterocycles. The lowest BCUT2D eigenvalue weighted by atomic mass is 9.94. The van der Waals surface area contributed by atoms with Crippen molar-refractivity contribution < 1.29 is 188 Å². The quantitative estimate of drug-likeness (QED) is 0.0713. The van der Waals surface area contributed by atoms with Crippen molar-refractivity contribution in [3.8, 4) is 11.1 Å². The highest BCUT2D eigenvalue weighted by molar-refractivity contribution is 5.81. The first-order valence-corrected chi connectivity index (χ1v) is 34.1. The van der Waals surface area contributed by atoms with Gasteiger partial charge in [-0.2, -0.15) is 0 Å². The van der Waals surface area contributed by atoms with Crippen molar-refractivity contribution in [2.45, 2.75) is 233 Å². The van der Waals surface area contributed by atoms with E-state index in [1.165, 1.54) is 0 Å². The zero-order valence-electron chi connectivity index (χ0n) is 55.5. The van der Waals surface area contributed by atoms with Gasteiger partial charge in [0.15, 0.2) is 44.0 Å².